The molecule has 0 aliphatic heterocycles. The predicted octanol–water partition coefficient (Wildman–Crippen LogP) is 4.45. The van der Waals surface area contributed by atoms with E-state index in [1.807, 2.05) is 12.1 Å². The largest absolute Gasteiger partial charge is 0.497 e. The molecule has 0 bridgehead atoms. The zero-order valence-corrected chi connectivity index (χ0v) is 12.6. The molecule has 0 saturated carbocycles. The highest BCUT2D eigenvalue weighted by molar-refractivity contribution is 8.03. The molecule has 1 heterocycles. The van der Waals surface area contributed by atoms with Crippen molar-refractivity contribution in [2.24, 2.45) is 0 Å². The Hall–Kier alpha value is -0.910. The van der Waals surface area contributed by atoms with E-state index in [2.05, 4.69) is 18.2 Å². The number of hydrogen-bond donors (Lipinski definition) is 0. The number of carbonyl (C=O) groups is 1. The average molecular weight is 297 g/mol. The minimum absolute atomic E-state index is 0.212. The molecule has 0 radical (unpaired) electrons. The van der Waals surface area contributed by atoms with Crippen LogP contribution in [0.4, 0.5) is 0 Å². The second kappa shape index (κ2) is 6.31. The molecule has 2 aromatic rings. The van der Waals surface area contributed by atoms with Crippen molar-refractivity contribution in [2.75, 3.05) is 12.9 Å². The molecule has 0 N–H and O–H groups in total. The number of benzene rings is 1. The van der Waals surface area contributed by atoms with Gasteiger partial charge in [-0.05, 0) is 36.8 Å². The van der Waals surface area contributed by atoms with Crippen LogP contribution in [0.5, 0.6) is 5.75 Å². The fourth-order valence-electron chi connectivity index (χ4n) is 1.37. The summed E-state index contributed by atoms with van der Waals surface area (Å²) in [5.74, 6) is 1.63. The standard InChI is InChI=1S/C13H13O2S3/c1-9(14)8-16-13-7-12(17-18-13)10-3-5-11(15-2)6-4-10/h3-7H,8H2,1-2H3/q+1. The van der Waals surface area contributed by atoms with Gasteiger partial charge in [0.05, 0.1) is 17.7 Å². The van der Waals surface area contributed by atoms with E-state index in [4.69, 9.17) is 4.74 Å². The van der Waals surface area contributed by atoms with E-state index in [0.717, 1.165) is 5.75 Å². The summed E-state index contributed by atoms with van der Waals surface area (Å²) in [4.78, 5) is 12.2. The molecule has 94 valence electrons. The quantitative estimate of drug-likeness (QED) is 0.463. The summed E-state index contributed by atoms with van der Waals surface area (Å²) < 4.78 is 6.33. The summed E-state index contributed by atoms with van der Waals surface area (Å²) in [6, 6.07) is 10.2. The van der Waals surface area contributed by atoms with E-state index >= 15 is 0 Å². The smallest absolute Gasteiger partial charge is 0.308 e. The van der Waals surface area contributed by atoms with Gasteiger partial charge in [0.1, 0.15) is 11.5 Å². The number of Topliss-reactive ketones (excluding diaryl/α,β-unsaturated/α-hetero) is 1. The van der Waals surface area contributed by atoms with E-state index in [0.29, 0.717) is 5.75 Å². The molecular weight excluding hydrogens is 284 g/mol. The number of hydrogen-bond acceptors (Lipinski definition) is 4. The van der Waals surface area contributed by atoms with Gasteiger partial charge in [0.25, 0.3) is 4.21 Å². The number of ether oxygens (including phenoxy) is 1. The van der Waals surface area contributed by atoms with Gasteiger partial charge in [0.15, 0.2) is 10.3 Å². The number of rotatable bonds is 5. The molecule has 18 heavy (non-hydrogen) atoms. The molecule has 0 saturated heterocycles. The van der Waals surface area contributed by atoms with E-state index < -0.39 is 0 Å². The van der Waals surface area contributed by atoms with Gasteiger partial charge >= 0.3 is 10.3 Å². The van der Waals surface area contributed by atoms with Crippen LogP contribution in [-0.2, 0) is 4.79 Å². The van der Waals surface area contributed by atoms with E-state index in [1.165, 1.54) is 14.6 Å². The highest BCUT2D eigenvalue weighted by atomic mass is 32.9. The summed E-state index contributed by atoms with van der Waals surface area (Å²) in [5, 5.41) is 0. The predicted molar refractivity (Wildman–Crippen MR) is 80.0 cm³/mol. The number of methoxy groups -OCH3 is 1. The highest BCUT2D eigenvalue weighted by Crippen LogP contribution is 2.37. The van der Waals surface area contributed by atoms with Gasteiger partial charge in [-0.15, -0.1) is 0 Å². The molecule has 0 spiro atoms. The summed E-state index contributed by atoms with van der Waals surface area (Å²) in [6.45, 7) is 1.62. The monoisotopic (exact) mass is 297 g/mol. The lowest BCUT2D eigenvalue weighted by atomic mass is 10.2. The third kappa shape index (κ3) is 3.54. The zero-order chi connectivity index (χ0) is 13.0. The van der Waals surface area contributed by atoms with Gasteiger partial charge in [-0.3, -0.25) is 4.79 Å². The number of carbonyl (C=O) groups excluding carboxylic acids is 1. The minimum Gasteiger partial charge on any atom is -0.497 e. The Morgan fingerprint density at radius 2 is 2.11 bits per heavy atom. The first-order valence-corrected chi connectivity index (χ1v) is 8.52. The number of ketones is 1. The number of thioether (sulfide) groups is 1. The van der Waals surface area contributed by atoms with Crippen molar-refractivity contribution in [3.63, 3.8) is 0 Å². The Morgan fingerprint density at radius 3 is 2.72 bits per heavy atom. The fraction of sp³-hybridized carbons (Fsp3) is 0.231. The third-order valence-corrected chi connectivity index (χ3v) is 6.35. The molecule has 5 heteroatoms. The van der Waals surface area contributed by atoms with Crippen molar-refractivity contribution < 1.29 is 9.53 Å². The van der Waals surface area contributed by atoms with Crippen LogP contribution < -0.4 is 4.74 Å². The van der Waals surface area contributed by atoms with Gasteiger partial charge in [0.2, 0.25) is 0 Å². The van der Waals surface area contributed by atoms with Gasteiger partial charge in [-0.2, -0.15) is 0 Å². The summed E-state index contributed by atoms with van der Waals surface area (Å²) in [7, 11) is 5.12. The Bertz CT molecular complexity index is 531. The van der Waals surface area contributed by atoms with Crippen LogP contribution in [0.2, 0.25) is 0 Å². The van der Waals surface area contributed by atoms with Crippen molar-refractivity contribution in [3.8, 4) is 16.2 Å². The highest BCUT2D eigenvalue weighted by Gasteiger charge is 2.16. The van der Waals surface area contributed by atoms with Crippen LogP contribution in [0.3, 0.4) is 0 Å². The van der Waals surface area contributed by atoms with E-state index in [1.54, 1.807) is 46.5 Å². The Labute approximate surface area is 118 Å². The lowest BCUT2D eigenvalue weighted by Gasteiger charge is -1.99. The second-order valence-corrected chi connectivity index (χ2v) is 7.20. The average Bonchev–Trinajstić information content (AvgIpc) is 2.85. The van der Waals surface area contributed by atoms with Crippen molar-refractivity contribution in [1.29, 1.82) is 0 Å². The van der Waals surface area contributed by atoms with Crippen molar-refractivity contribution in [2.45, 2.75) is 11.1 Å². The van der Waals surface area contributed by atoms with Gasteiger partial charge < -0.3 is 4.74 Å². The van der Waals surface area contributed by atoms with Crippen LogP contribution in [0, 0.1) is 0 Å². The van der Waals surface area contributed by atoms with Crippen LogP contribution in [0.25, 0.3) is 10.4 Å². The summed E-state index contributed by atoms with van der Waals surface area (Å²) >= 11 is 1.61. The maximum Gasteiger partial charge on any atom is 0.308 e. The van der Waals surface area contributed by atoms with Gasteiger partial charge in [-0.1, -0.05) is 11.8 Å². The molecular formula is C13H13O2S3+. The molecule has 2 rings (SSSR count). The first kappa shape index (κ1) is 13.5. The first-order chi connectivity index (χ1) is 8.69. The van der Waals surface area contributed by atoms with Crippen molar-refractivity contribution >= 4 is 38.2 Å². The summed E-state index contributed by atoms with van der Waals surface area (Å²) in [6.07, 6.45) is 0. The molecule has 0 amide bonds. The maximum atomic E-state index is 10.9. The van der Waals surface area contributed by atoms with E-state index in [-0.39, 0.29) is 5.78 Å². The summed E-state index contributed by atoms with van der Waals surface area (Å²) in [5.41, 5.74) is 1.19. The van der Waals surface area contributed by atoms with Crippen LogP contribution in [0.1, 0.15) is 6.92 Å². The molecule has 0 unspecified atom stereocenters. The lowest BCUT2D eigenvalue weighted by molar-refractivity contribution is -0.114. The van der Waals surface area contributed by atoms with Crippen LogP contribution >= 0.6 is 32.4 Å². The fourth-order valence-corrected chi connectivity index (χ4v) is 5.00. The topological polar surface area (TPSA) is 26.3 Å². The Balaban J connectivity index is 2.10. The first-order valence-electron chi connectivity index (χ1n) is 5.39. The maximum absolute atomic E-state index is 10.9. The second-order valence-electron chi connectivity index (χ2n) is 3.71. The van der Waals surface area contributed by atoms with Crippen LogP contribution in [0.15, 0.2) is 34.5 Å². The minimum atomic E-state index is 0.212. The molecule has 1 aromatic heterocycles. The normalized spacial score (nSPS) is 10.3. The van der Waals surface area contributed by atoms with Crippen molar-refractivity contribution in [3.05, 3.63) is 30.3 Å². The third-order valence-electron chi connectivity index (χ3n) is 2.25. The SMILES string of the molecule is COc1ccc(-c2cc(SCC(C)=O)[s+]s2)cc1. The van der Waals surface area contributed by atoms with Crippen molar-refractivity contribution in [1.82, 2.24) is 0 Å². The van der Waals surface area contributed by atoms with Crippen LogP contribution in [-0.4, -0.2) is 18.6 Å². The van der Waals surface area contributed by atoms with Gasteiger partial charge in [-0.25, -0.2) is 0 Å². The van der Waals surface area contributed by atoms with Gasteiger partial charge in [0, 0.05) is 6.07 Å². The molecule has 0 aliphatic rings. The van der Waals surface area contributed by atoms with E-state index in [9.17, 15) is 4.79 Å². The zero-order valence-electron chi connectivity index (χ0n) is 10.1. The lowest BCUT2D eigenvalue weighted by Crippen LogP contribution is -1.91. The Morgan fingerprint density at radius 1 is 1.39 bits per heavy atom. The Kier molecular flexibility index (Phi) is 4.74. The molecule has 1 aromatic carbocycles. The molecule has 2 nitrogen and oxygen atoms in total. The molecule has 0 atom stereocenters. The molecule has 0 aliphatic carbocycles. The molecule has 0 fully saturated rings.